The fraction of sp³-hybridized carbons (Fsp3) is 0.143. The van der Waals surface area contributed by atoms with E-state index in [-0.39, 0.29) is 20.5 Å². The number of anilines is 1. The highest BCUT2D eigenvalue weighted by Crippen LogP contribution is 2.22. The Labute approximate surface area is 140 Å². The number of hydrogen-bond acceptors (Lipinski definition) is 4. The summed E-state index contributed by atoms with van der Waals surface area (Å²) in [7, 11) is -4.71. The van der Waals surface area contributed by atoms with Crippen molar-refractivity contribution in [1.82, 2.24) is 4.31 Å². The zero-order chi connectivity index (χ0) is 17.3. The van der Waals surface area contributed by atoms with Gasteiger partial charge in [0.15, 0.2) is 0 Å². The van der Waals surface area contributed by atoms with Crippen LogP contribution in [0.2, 0.25) is 5.02 Å². The summed E-state index contributed by atoms with van der Waals surface area (Å²) in [4.78, 5) is -0.0142. The quantitative estimate of drug-likeness (QED) is 0.870. The third-order valence-electron chi connectivity index (χ3n) is 2.97. The van der Waals surface area contributed by atoms with Crippen LogP contribution in [0.25, 0.3) is 0 Å². The first kappa shape index (κ1) is 17.7. The molecule has 124 valence electrons. The Hall–Kier alpha value is -1.61. The number of hydrogen-bond donors (Lipinski definition) is 1. The lowest BCUT2D eigenvalue weighted by Gasteiger charge is -2.13. The standard InChI is InChI=1S/C14H15ClN2O4S2/c1-17(2)23(20,21)14-8-4-6-12(10-14)16-22(18,19)13-7-3-5-11(15)9-13/h3-10,16H,1-2H3. The van der Waals surface area contributed by atoms with Crippen molar-refractivity contribution in [2.75, 3.05) is 18.8 Å². The maximum absolute atomic E-state index is 12.3. The maximum Gasteiger partial charge on any atom is 0.261 e. The molecule has 0 aliphatic carbocycles. The summed E-state index contributed by atoms with van der Waals surface area (Å²) in [5.74, 6) is 0. The summed E-state index contributed by atoms with van der Waals surface area (Å²) in [6, 6.07) is 11.4. The van der Waals surface area contributed by atoms with Crippen LogP contribution in [-0.2, 0) is 20.0 Å². The van der Waals surface area contributed by atoms with E-state index >= 15 is 0 Å². The van der Waals surface area contributed by atoms with Crippen LogP contribution in [0.3, 0.4) is 0 Å². The molecule has 9 heteroatoms. The van der Waals surface area contributed by atoms with Crippen LogP contribution in [-0.4, -0.2) is 35.2 Å². The molecule has 0 heterocycles. The van der Waals surface area contributed by atoms with Crippen LogP contribution in [0.1, 0.15) is 0 Å². The van der Waals surface area contributed by atoms with Gasteiger partial charge in [0.25, 0.3) is 10.0 Å². The molecule has 0 aromatic heterocycles. The van der Waals surface area contributed by atoms with Crippen LogP contribution >= 0.6 is 11.6 Å². The van der Waals surface area contributed by atoms with Crippen molar-refractivity contribution >= 4 is 37.3 Å². The maximum atomic E-state index is 12.3. The highest BCUT2D eigenvalue weighted by molar-refractivity contribution is 7.92. The van der Waals surface area contributed by atoms with E-state index in [0.717, 1.165) is 4.31 Å². The second-order valence-corrected chi connectivity index (χ2v) is 9.15. The van der Waals surface area contributed by atoms with E-state index in [9.17, 15) is 16.8 Å². The van der Waals surface area contributed by atoms with Gasteiger partial charge in [0.05, 0.1) is 15.5 Å². The zero-order valence-electron chi connectivity index (χ0n) is 12.4. The Balaban J connectivity index is 2.38. The van der Waals surface area contributed by atoms with Gasteiger partial charge in [0, 0.05) is 19.1 Å². The third kappa shape index (κ3) is 4.03. The molecular weight excluding hydrogens is 360 g/mol. The number of halogens is 1. The van der Waals surface area contributed by atoms with E-state index in [1.165, 1.54) is 56.6 Å². The normalized spacial score (nSPS) is 12.3. The summed E-state index contributed by atoms with van der Waals surface area (Å²) in [6.07, 6.45) is 0. The van der Waals surface area contributed by atoms with Crippen molar-refractivity contribution in [3.05, 3.63) is 53.6 Å². The predicted octanol–water partition coefficient (Wildman–Crippen LogP) is 2.39. The summed E-state index contributed by atoms with van der Waals surface area (Å²) in [6.45, 7) is 0. The molecule has 0 fully saturated rings. The summed E-state index contributed by atoms with van der Waals surface area (Å²) >= 11 is 5.80. The average Bonchev–Trinajstić information content (AvgIpc) is 2.47. The number of sulfonamides is 2. The van der Waals surface area contributed by atoms with Crippen LogP contribution in [0.5, 0.6) is 0 Å². The topological polar surface area (TPSA) is 83.6 Å². The smallest absolute Gasteiger partial charge is 0.261 e. The molecule has 0 aliphatic heterocycles. The summed E-state index contributed by atoms with van der Waals surface area (Å²) in [5, 5.41) is 0.289. The average molecular weight is 375 g/mol. The monoisotopic (exact) mass is 374 g/mol. The fourth-order valence-electron chi connectivity index (χ4n) is 1.78. The molecule has 6 nitrogen and oxygen atoms in total. The largest absolute Gasteiger partial charge is 0.280 e. The Kier molecular flexibility index (Phi) is 5.00. The van der Waals surface area contributed by atoms with E-state index in [1.807, 2.05) is 0 Å². The second-order valence-electron chi connectivity index (χ2n) is 4.88. The molecule has 2 aromatic rings. The van der Waals surface area contributed by atoms with Gasteiger partial charge in [-0.2, -0.15) is 0 Å². The molecule has 2 aromatic carbocycles. The molecule has 0 bridgehead atoms. The molecule has 0 aliphatic rings. The minimum Gasteiger partial charge on any atom is -0.280 e. The first-order valence-electron chi connectivity index (χ1n) is 6.44. The lowest BCUT2D eigenvalue weighted by atomic mass is 10.3. The number of rotatable bonds is 5. The van der Waals surface area contributed by atoms with E-state index in [2.05, 4.69) is 4.72 Å². The van der Waals surface area contributed by atoms with Gasteiger partial charge in [-0.1, -0.05) is 23.7 Å². The van der Waals surface area contributed by atoms with E-state index in [4.69, 9.17) is 11.6 Å². The van der Waals surface area contributed by atoms with E-state index in [0.29, 0.717) is 0 Å². The molecule has 0 radical (unpaired) electrons. The Morgan fingerprint density at radius 3 is 2.13 bits per heavy atom. The molecule has 1 N–H and O–H groups in total. The minimum atomic E-state index is -3.86. The molecular formula is C14H15ClN2O4S2. The molecule has 0 saturated carbocycles. The molecule has 0 saturated heterocycles. The van der Waals surface area contributed by atoms with Gasteiger partial charge in [-0.05, 0) is 36.4 Å². The lowest BCUT2D eigenvalue weighted by Crippen LogP contribution is -2.22. The molecule has 0 atom stereocenters. The molecule has 0 spiro atoms. The van der Waals surface area contributed by atoms with Gasteiger partial charge in [-0.3, -0.25) is 4.72 Å². The first-order chi connectivity index (χ1) is 10.6. The molecule has 0 unspecified atom stereocenters. The van der Waals surface area contributed by atoms with Gasteiger partial charge in [-0.15, -0.1) is 0 Å². The van der Waals surface area contributed by atoms with E-state index in [1.54, 1.807) is 6.07 Å². The summed E-state index contributed by atoms with van der Waals surface area (Å²) < 4.78 is 52.2. The summed E-state index contributed by atoms with van der Waals surface area (Å²) in [5.41, 5.74) is 0.146. The van der Waals surface area contributed by atoms with Crippen molar-refractivity contribution in [3.8, 4) is 0 Å². The zero-order valence-corrected chi connectivity index (χ0v) is 14.8. The van der Waals surface area contributed by atoms with E-state index < -0.39 is 20.0 Å². The van der Waals surface area contributed by atoms with Crippen molar-refractivity contribution < 1.29 is 16.8 Å². The Morgan fingerprint density at radius 2 is 1.52 bits per heavy atom. The Bertz CT molecular complexity index is 925. The first-order valence-corrected chi connectivity index (χ1v) is 9.74. The number of benzene rings is 2. The predicted molar refractivity (Wildman–Crippen MR) is 89.6 cm³/mol. The highest BCUT2D eigenvalue weighted by atomic mass is 35.5. The van der Waals surface area contributed by atoms with Gasteiger partial charge in [-0.25, -0.2) is 21.1 Å². The third-order valence-corrected chi connectivity index (χ3v) is 6.40. The van der Waals surface area contributed by atoms with Gasteiger partial charge in [0.2, 0.25) is 10.0 Å². The molecule has 0 amide bonds. The molecule has 2 rings (SSSR count). The van der Waals surface area contributed by atoms with Gasteiger partial charge in [0.1, 0.15) is 0 Å². The van der Waals surface area contributed by atoms with Crippen LogP contribution in [0, 0.1) is 0 Å². The van der Waals surface area contributed by atoms with Gasteiger partial charge < -0.3 is 0 Å². The minimum absolute atomic E-state index is 0.00575. The SMILES string of the molecule is CN(C)S(=O)(=O)c1cccc(NS(=O)(=O)c2cccc(Cl)c2)c1. The Morgan fingerprint density at radius 1 is 0.913 bits per heavy atom. The van der Waals surface area contributed by atoms with Gasteiger partial charge >= 0.3 is 0 Å². The van der Waals surface area contributed by atoms with Crippen molar-refractivity contribution in [1.29, 1.82) is 0 Å². The van der Waals surface area contributed by atoms with Crippen molar-refractivity contribution in [3.63, 3.8) is 0 Å². The lowest BCUT2D eigenvalue weighted by molar-refractivity contribution is 0.521. The highest BCUT2D eigenvalue weighted by Gasteiger charge is 2.19. The van der Waals surface area contributed by atoms with Crippen molar-refractivity contribution in [2.45, 2.75) is 9.79 Å². The molecule has 23 heavy (non-hydrogen) atoms. The number of nitrogens with zero attached hydrogens (tertiary/aromatic N) is 1. The van der Waals surface area contributed by atoms with Crippen molar-refractivity contribution in [2.24, 2.45) is 0 Å². The van der Waals surface area contributed by atoms with Crippen LogP contribution in [0.4, 0.5) is 5.69 Å². The number of nitrogens with one attached hydrogen (secondary N) is 1. The fourth-order valence-corrected chi connectivity index (χ4v) is 4.08. The van der Waals surface area contributed by atoms with Crippen LogP contribution < -0.4 is 4.72 Å². The second kappa shape index (κ2) is 6.48. The van der Waals surface area contributed by atoms with Crippen LogP contribution in [0.15, 0.2) is 58.3 Å².